The third kappa shape index (κ3) is 6.46. The van der Waals surface area contributed by atoms with Crippen LogP contribution in [0.15, 0.2) is 36.0 Å². The van der Waals surface area contributed by atoms with Gasteiger partial charge < -0.3 is 14.5 Å². The normalized spacial score (nSPS) is 15.1. The number of hydrogen-bond acceptors (Lipinski definition) is 7. The first-order valence-corrected chi connectivity index (χ1v) is 9.54. The van der Waals surface area contributed by atoms with E-state index < -0.39 is 54.0 Å². The molecular weight excluding hydrogens is 560 g/mol. The number of rotatable bonds is 9. The maximum Gasteiger partial charge on any atom is 0.439 e. The summed E-state index contributed by atoms with van der Waals surface area (Å²) in [5.41, 5.74) is 2.34. The molecule has 2 aromatic heterocycles. The molecule has 0 saturated carbocycles. The lowest BCUT2D eigenvalue weighted by molar-refractivity contribution is -0.312. The Morgan fingerprint density at radius 2 is 1.39 bits per heavy atom. The minimum Gasteiger partial charge on any atom is -0.426 e. The first-order chi connectivity index (χ1) is 17.4. The van der Waals surface area contributed by atoms with Crippen LogP contribution in [0.25, 0.3) is 11.2 Å². The van der Waals surface area contributed by atoms with Crippen molar-refractivity contribution in [2.45, 2.75) is 36.9 Å². The van der Waals surface area contributed by atoms with Crippen LogP contribution in [-0.2, 0) is 0 Å². The van der Waals surface area contributed by atoms with Crippen molar-refractivity contribution >= 4 is 23.2 Å². The van der Waals surface area contributed by atoms with Gasteiger partial charge in [-0.3, -0.25) is 5.43 Å². The number of alkyl halides is 12. The van der Waals surface area contributed by atoms with E-state index >= 15 is 0 Å². The highest BCUT2D eigenvalue weighted by Gasteiger charge is 2.61. The van der Waals surface area contributed by atoms with Gasteiger partial charge >= 0.3 is 24.6 Å². The van der Waals surface area contributed by atoms with E-state index in [1.165, 1.54) is 6.33 Å². The zero-order chi connectivity index (χ0) is 28.5. The molecule has 0 fully saturated rings. The fraction of sp³-hybridized carbons (Fsp3) is 0.333. The highest BCUT2D eigenvalue weighted by Crippen LogP contribution is 2.43. The molecule has 3 rings (SSSR count). The lowest BCUT2D eigenvalue weighted by Gasteiger charge is -2.27. The Balaban J connectivity index is 1.94. The summed E-state index contributed by atoms with van der Waals surface area (Å²) in [7, 11) is 0. The molecule has 0 aliphatic rings. The number of imidazole rings is 1. The topological polar surface area (TPSA) is 97.3 Å². The van der Waals surface area contributed by atoms with Crippen molar-refractivity contribution in [2.24, 2.45) is 5.10 Å². The lowest BCUT2D eigenvalue weighted by atomic mass is 10.2. The summed E-state index contributed by atoms with van der Waals surface area (Å²) < 4.78 is 163. The van der Waals surface area contributed by atoms with Crippen molar-refractivity contribution in [3.63, 3.8) is 0 Å². The minimum atomic E-state index is -6.20. The third-order valence-corrected chi connectivity index (χ3v) is 4.23. The van der Waals surface area contributed by atoms with Gasteiger partial charge in [-0.2, -0.15) is 49.0 Å². The summed E-state index contributed by atoms with van der Waals surface area (Å²) in [6.07, 6.45) is -30.9. The summed E-state index contributed by atoms with van der Waals surface area (Å²) in [6, 6.07) is 1.15. The van der Waals surface area contributed by atoms with Gasteiger partial charge in [0.15, 0.2) is 23.0 Å². The number of H-pyrrole nitrogens is 1. The Morgan fingerprint density at radius 3 is 1.97 bits per heavy atom. The summed E-state index contributed by atoms with van der Waals surface area (Å²) in [5, 5.41) is 3.61. The molecule has 20 heteroatoms. The van der Waals surface area contributed by atoms with Crippen molar-refractivity contribution in [1.82, 2.24) is 19.9 Å². The molecule has 0 amide bonds. The first kappa shape index (κ1) is 28.6. The van der Waals surface area contributed by atoms with Crippen molar-refractivity contribution in [1.29, 1.82) is 0 Å². The molecule has 0 saturated heterocycles. The van der Waals surface area contributed by atoms with Crippen LogP contribution in [0.3, 0.4) is 0 Å². The van der Waals surface area contributed by atoms with Crippen LogP contribution < -0.4 is 14.9 Å². The maximum atomic E-state index is 13.8. The Hall–Kier alpha value is -4.00. The molecule has 0 unspecified atom stereocenters. The van der Waals surface area contributed by atoms with Crippen LogP contribution >= 0.6 is 0 Å². The molecule has 0 aliphatic carbocycles. The van der Waals surface area contributed by atoms with Crippen LogP contribution in [0.2, 0.25) is 0 Å². The van der Waals surface area contributed by atoms with Crippen LogP contribution in [0.1, 0.15) is 5.56 Å². The van der Waals surface area contributed by atoms with Crippen LogP contribution in [-0.4, -0.2) is 63.1 Å². The molecule has 1 aromatic carbocycles. The summed E-state index contributed by atoms with van der Waals surface area (Å²) in [4.78, 5) is 14.1. The van der Waals surface area contributed by atoms with Gasteiger partial charge in [0.05, 0.1) is 12.5 Å². The van der Waals surface area contributed by atoms with E-state index in [0.29, 0.717) is 6.07 Å². The van der Waals surface area contributed by atoms with Crippen LogP contribution in [0.5, 0.6) is 11.5 Å². The van der Waals surface area contributed by atoms with Crippen molar-refractivity contribution in [2.75, 3.05) is 5.43 Å². The van der Waals surface area contributed by atoms with Gasteiger partial charge in [0.25, 0.3) is 12.3 Å². The number of halogens is 12. The fourth-order valence-electron chi connectivity index (χ4n) is 2.56. The molecule has 0 spiro atoms. The van der Waals surface area contributed by atoms with Crippen molar-refractivity contribution < 1.29 is 62.2 Å². The van der Waals surface area contributed by atoms with Gasteiger partial charge in [-0.15, -0.1) is 0 Å². The zero-order valence-corrected chi connectivity index (χ0v) is 17.8. The molecule has 0 bridgehead atoms. The number of hydrazone groups is 1. The van der Waals surface area contributed by atoms with E-state index in [-0.39, 0.29) is 29.1 Å². The Bertz CT molecular complexity index is 1290. The monoisotopic (exact) mass is 570 g/mol. The van der Waals surface area contributed by atoms with Gasteiger partial charge in [-0.05, 0) is 23.8 Å². The SMILES string of the molecule is F[C@@H](C(F)(F)F)C(F)(F)Oc1ccc(/C=N\Nc2ncnc3nc[nH]c23)cc1OC(F)(F)[C@@H](F)C(F)(F)F. The highest BCUT2D eigenvalue weighted by molar-refractivity contribution is 5.84. The average molecular weight is 570 g/mol. The molecule has 2 heterocycles. The number of ether oxygens (including phenoxy) is 2. The van der Waals surface area contributed by atoms with Gasteiger partial charge in [0.2, 0.25) is 0 Å². The standard InChI is InChI=1S/C18H10F12N6O2/c19-13(15(21,22)23)17(27,28)37-8-2-1-7(3-9(8)38-18(29,30)14(20)16(24,25)26)4-35-36-12-10-11(32-5-31-10)33-6-34-12/h1-6,13-14H,(H2,31,32,33,34,36)/b35-4-/t13-,14-/m0/s1. The second-order valence-electron chi connectivity index (χ2n) is 7.04. The second kappa shape index (κ2) is 10.0. The molecule has 208 valence electrons. The number of anilines is 1. The molecule has 3 aromatic rings. The highest BCUT2D eigenvalue weighted by atomic mass is 19.4. The summed E-state index contributed by atoms with van der Waals surface area (Å²) >= 11 is 0. The third-order valence-electron chi connectivity index (χ3n) is 4.23. The summed E-state index contributed by atoms with van der Waals surface area (Å²) in [6.45, 7) is 0. The quantitative estimate of drug-likeness (QED) is 0.199. The zero-order valence-electron chi connectivity index (χ0n) is 17.8. The summed E-state index contributed by atoms with van der Waals surface area (Å²) in [5.74, 6) is -3.58. The number of fused-ring (bicyclic) bond motifs is 1. The Labute approximate surface area is 201 Å². The van der Waals surface area contributed by atoms with E-state index in [9.17, 15) is 52.7 Å². The second-order valence-corrected chi connectivity index (χ2v) is 7.04. The lowest BCUT2D eigenvalue weighted by Crippen LogP contribution is -2.47. The Morgan fingerprint density at radius 1 is 0.816 bits per heavy atom. The molecule has 2 N–H and O–H groups in total. The number of benzene rings is 1. The molecule has 38 heavy (non-hydrogen) atoms. The van der Waals surface area contributed by atoms with Crippen LogP contribution in [0.4, 0.5) is 58.5 Å². The van der Waals surface area contributed by atoms with E-state index in [4.69, 9.17) is 0 Å². The van der Waals surface area contributed by atoms with E-state index in [2.05, 4.69) is 39.9 Å². The van der Waals surface area contributed by atoms with E-state index in [1.54, 1.807) is 0 Å². The number of aromatic amines is 1. The van der Waals surface area contributed by atoms with Gasteiger partial charge in [-0.25, -0.2) is 23.7 Å². The predicted molar refractivity (Wildman–Crippen MR) is 102 cm³/mol. The van der Waals surface area contributed by atoms with Crippen LogP contribution in [0, 0.1) is 0 Å². The minimum absolute atomic E-state index is 0.0120. The van der Waals surface area contributed by atoms with Crippen molar-refractivity contribution in [3.8, 4) is 11.5 Å². The maximum absolute atomic E-state index is 13.8. The predicted octanol–water partition coefficient (Wildman–Crippen LogP) is 5.54. The van der Waals surface area contributed by atoms with Gasteiger partial charge in [-0.1, -0.05) is 0 Å². The number of aromatic nitrogens is 4. The number of nitrogens with zero attached hydrogens (tertiary/aromatic N) is 4. The Kier molecular flexibility index (Phi) is 7.55. The van der Waals surface area contributed by atoms with Gasteiger partial charge in [0.1, 0.15) is 11.8 Å². The number of nitrogens with one attached hydrogen (secondary N) is 2. The van der Waals surface area contributed by atoms with E-state index in [0.717, 1.165) is 12.5 Å². The molecule has 0 radical (unpaired) electrons. The molecule has 8 nitrogen and oxygen atoms in total. The van der Waals surface area contributed by atoms with Gasteiger partial charge in [0, 0.05) is 0 Å². The molecule has 2 atom stereocenters. The average Bonchev–Trinajstić information content (AvgIpc) is 3.28. The fourth-order valence-corrected chi connectivity index (χ4v) is 2.56. The number of hydrogen-bond donors (Lipinski definition) is 2. The smallest absolute Gasteiger partial charge is 0.426 e. The largest absolute Gasteiger partial charge is 0.439 e. The van der Waals surface area contributed by atoms with Crippen molar-refractivity contribution in [3.05, 3.63) is 36.4 Å². The molecular formula is C18H10F12N6O2. The van der Waals surface area contributed by atoms with E-state index in [1.807, 2.05) is 0 Å². The first-order valence-electron chi connectivity index (χ1n) is 9.54. The molecule has 0 aliphatic heterocycles.